The molecule has 0 aliphatic heterocycles. The molecule has 0 unspecified atom stereocenters. The van der Waals surface area contributed by atoms with E-state index in [1.807, 2.05) is 0 Å². The van der Waals surface area contributed by atoms with Crippen LogP contribution >= 0.6 is 11.6 Å². The van der Waals surface area contributed by atoms with Gasteiger partial charge in [0.25, 0.3) is 5.56 Å². The van der Waals surface area contributed by atoms with Crippen molar-refractivity contribution in [3.05, 3.63) is 80.2 Å². The first-order valence-electron chi connectivity index (χ1n) is 9.63. The van der Waals surface area contributed by atoms with Gasteiger partial charge in [-0.05, 0) is 37.8 Å². The van der Waals surface area contributed by atoms with Crippen molar-refractivity contribution in [2.75, 3.05) is 0 Å². The summed E-state index contributed by atoms with van der Waals surface area (Å²) in [6.07, 6.45) is 4.13. The van der Waals surface area contributed by atoms with E-state index in [1.54, 1.807) is 13.0 Å². The predicted octanol–water partition coefficient (Wildman–Crippen LogP) is 4.53. The number of hydrogen-bond donors (Lipinski definition) is 0. The lowest BCUT2D eigenvalue weighted by molar-refractivity contribution is 0.101. The summed E-state index contributed by atoms with van der Waals surface area (Å²) in [4.78, 5) is 32.6. The average Bonchev–Trinajstić information content (AvgIpc) is 3.56. The van der Waals surface area contributed by atoms with Crippen molar-refractivity contribution in [3.63, 3.8) is 0 Å². The molecule has 0 aromatic carbocycles. The molecule has 1 fully saturated rings. The molecule has 3 heterocycles. The van der Waals surface area contributed by atoms with Crippen LogP contribution < -0.4 is 10.3 Å². The Morgan fingerprint density at radius 1 is 1.29 bits per heavy atom. The standard InChI is InChI=1S/C22H18ClF2N3O3/c1-11-19(13-3-4-13)21(31-10-18-16(25)7-14(24)9-27-18)20(23)22(30)28(11)15-5-6-26-17(8-15)12(2)29/h5-9,13H,3-4,10H2,1-2H3. The van der Waals surface area contributed by atoms with Crippen molar-refractivity contribution in [1.29, 1.82) is 0 Å². The maximum absolute atomic E-state index is 14.0. The summed E-state index contributed by atoms with van der Waals surface area (Å²) in [5.41, 5.74) is 1.41. The van der Waals surface area contributed by atoms with Crippen molar-refractivity contribution in [1.82, 2.24) is 14.5 Å². The third kappa shape index (κ3) is 4.07. The molecule has 1 aliphatic rings. The Balaban J connectivity index is 1.80. The van der Waals surface area contributed by atoms with Gasteiger partial charge in [-0.15, -0.1) is 0 Å². The first-order valence-corrected chi connectivity index (χ1v) is 10.0. The van der Waals surface area contributed by atoms with Crippen LogP contribution in [-0.2, 0) is 6.61 Å². The topological polar surface area (TPSA) is 74.1 Å². The maximum Gasteiger partial charge on any atom is 0.277 e. The molecule has 31 heavy (non-hydrogen) atoms. The molecular formula is C22H18ClF2N3O3. The van der Waals surface area contributed by atoms with Gasteiger partial charge in [-0.3, -0.25) is 24.1 Å². The average molecular weight is 446 g/mol. The normalized spacial score (nSPS) is 13.3. The molecule has 3 aromatic heterocycles. The van der Waals surface area contributed by atoms with Crippen LogP contribution in [0.15, 0.2) is 35.4 Å². The zero-order valence-corrected chi connectivity index (χ0v) is 17.5. The van der Waals surface area contributed by atoms with Gasteiger partial charge >= 0.3 is 0 Å². The quantitative estimate of drug-likeness (QED) is 0.521. The number of carbonyl (C=O) groups excluding carboxylic acids is 1. The number of Topliss-reactive ketones (excluding diaryl/α,β-unsaturated/α-hetero) is 1. The molecule has 1 saturated carbocycles. The molecule has 3 aromatic rings. The number of carbonyl (C=O) groups is 1. The van der Waals surface area contributed by atoms with Crippen LogP contribution in [0.5, 0.6) is 5.75 Å². The van der Waals surface area contributed by atoms with Crippen molar-refractivity contribution in [3.8, 4) is 11.4 Å². The van der Waals surface area contributed by atoms with Gasteiger partial charge in [0.1, 0.15) is 34.6 Å². The van der Waals surface area contributed by atoms with Gasteiger partial charge in [-0.1, -0.05) is 11.6 Å². The molecule has 0 atom stereocenters. The third-order valence-corrected chi connectivity index (χ3v) is 5.48. The molecule has 0 saturated heterocycles. The van der Waals surface area contributed by atoms with Crippen LogP contribution in [0.1, 0.15) is 53.1 Å². The number of pyridine rings is 3. The molecule has 160 valence electrons. The summed E-state index contributed by atoms with van der Waals surface area (Å²) in [7, 11) is 0. The van der Waals surface area contributed by atoms with Gasteiger partial charge in [0.2, 0.25) is 0 Å². The minimum Gasteiger partial charge on any atom is -0.485 e. The molecule has 0 amide bonds. The number of halogens is 3. The van der Waals surface area contributed by atoms with Crippen LogP contribution in [0.25, 0.3) is 5.69 Å². The zero-order chi connectivity index (χ0) is 22.3. The highest BCUT2D eigenvalue weighted by Gasteiger charge is 2.33. The van der Waals surface area contributed by atoms with E-state index in [9.17, 15) is 18.4 Å². The summed E-state index contributed by atoms with van der Waals surface area (Å²) in [5, 5.41) is -0.156. The molecule has 0 radical (unpaired) electrons. The van der Waals surface area contributed by atoms with Gasteiger partial charge in [0.15, 0.2) is 11.6 Å². The molecule has 9 heteroatoms. The number of aromatic nitrogens is 3. The van der Waals surface area contributed by atoms with Crippen molar-refractivity contribution >= 4 is 17.4 Å². The lowest BCUT2D eigenvalue weighted by Gasteiger charge is -2.20. The summed E-state index contributed by atoms with van der Waals surface area (Å²) >= 11 is 6.42. The molecule has 0 N–H and O–H groups in total. The van der Waals surface area contributed by atoms with Gasteiger partial charge in [-0.2, -0.15) is 0 Å². The minimum atomic E-state index is -0.845. The van der Waals surface area contributed by atoms with Gasteiger partial charge in [0.05, 0.1) is 11.9 Å². The lowest BCUT2D eigenvalue weighted by atomic mass is 10.1. The Bertz CT molecular complexity index is 1260. The van der Waals surface area contributed by atoms with Gasteiger partial charge < -0.3 is 4.74 Å². The van der Waals surface area contributed by atoms with E-state index in [2.05, 4.69) is 9.97 Å². The van der Waals surface area contributed by atoms with Gasteiger partial charge in [0, 0.05) is 30.4 Å². The molecule has 0 spiro atoms. The molecule has 4 rings (SSSR count). The lowest BCUT2D eigenvalue weighted by Crippen LogP contribution is -2.24. The number of ether oxygens (including phenoxy) is 1. The van der Waals surface area contributed by atoms with E-state index in [1.165, 1.54) is 23.8 Å². The second kappa shape index (κ2) is 8.19. The summed E-state index contributed by atoms with van der Waals surface area (Å²) in [6.45, 7) is 2.85. The predicted molar refractivity (Wildman–Crippen MR) is 110 cm³/mol. The van der Waals surface area contributed by atoms with Gasteiger partial charge in [-0.25, -0.2) is 8.78 Å². The van der Waals surface area contributed by atoms with E-state index in [-0.39, 0.29) is 40.5 Å². The van der Waals surface area contributed by atoms with Crippen LogP contribution in [0.4, 0.5) is 8.78 Å². The Hall–Kier alpha value is -3.13. The monoisotopic (exact) mass is 445 g/mol. The first-order chi connectivity index (χ1) is 14.8. The summed E-state index contributed by atoms with van der Waals surface area (Å²) < 4.78 is 34.2. The Labute approximate surface area is 181 Å². The maximum atomic E-state index is 14.0. The number of ketones is 1. The van der Waals surface area contributed by atoms with Crippen LogP contribution in [0, 0.1) is 18.6 Å². The Kier molecular flexibility index (Phi) is 5.58. The number of nitrogens with zero attached hydrogens (tertiary/aromatic N) is 3. The Morgan fingerprint density at radius 3 is 2.68 bits per heavy atom. The Morgan fingerprint density at radius 2 is 2.03 bits per heavy atom. The largest absolute Gasteiger partial charge is 0.485 e. The van der Waals surface area contributed by atoms with Crippen LogP contribution in [0.2, 0.25) is 5.02 Å². The van der Waals surface area contributed by atoms with E-state index in [4.69, 9.17) is 16.3 Å². The van der Waals surface area contributed by atoms with Crippen LogP contribution in [-0.4, -0.2) is 20.3 Å². The number of hydrogen-bond acceptors (Lipinski definition) is 5. The smallest absolute Gasteiger partial charge is 0.277 e. The second-order valence-corrected chi connectivity index (χ2v) is 7.76. The van der Waals surface area contributed by atoms with Crippen molar-refractivity contribution in [2.24, 2.45) is 0 Å². The molecule has 1 aliphatic carbocycles. The fourth-order valence-corrected chi connectivity index (χ4v) is 3.74. The van der Waals surface area contributed by atoms with E-state index in [0.717, 1.165) is 24.6 Å². The van der Waals surface area contributed by atoms with Crippen molar-refractivity contribution in [2.45, 2.75) is 39.2 Å². The fourth-order valence-electron chi connectivity index (χ4n) is 3.50. The molecule has 0 bridgehead atoms. The SMILES string of the molecule is CC(=O)c1cc(-n2c(C)c(C3CC3)c(OCc3ncc(F)cc3F)c(Cl)c2=O)ccn1. The summed E-state index contributed by atoms with van der Waals surface area (Å²) in [5.74, 6) is -1.55. The highest BCUT2D eigenvalue weighted by molar-refractivity contribution is 6.32. The summed E-state index contributed by atoms with van der Waals surface area (Å²) in [6, 6.07) is 3.86. The third-order valence-electron chi connectivity index (χ3n) is 5.15. The zero-order valence-electron chi connectivity index (χ0n) is 16.8. The van der Waals surface area contributed by atoms with Crippen molar-refractivity contribution < 1.29 is 18.3 Å². The van der Waals surface area contributed by atoms with Crippen LogP contribution in [0.3, 0.4) is 0 Å². The number of rotatable bonds is 6. The van der Waals surface area contributed by atoms with E-state index in [0.29, 0.717) is 17.4 Å². The minimum absolute atomic E-state index is 0.0960. The highest BCUT2D eigenvalue weighted by Crippen LogP contribution is 2.47. The van der Waals surface area contributed by atoms with E-state index < -0.39 is 17.2 Å². The molecule has 6 nitrogen and oxygen atoms in total. The first kappa shape index (κ1) is 21.1. The highest BCUT2D eigenvalue weighted by atomic mass is 35.5. The fraction of sp³-hybridized carbons (Fsp3) is 0.273. The van der Waals surface area contributed by atoms with E-state index >= 15 is 0 Å². The molecular weight excluding hydrogens is 428 g/mol. The second-order valence-electron chi connectivity index (χ2n) is 7.38.